The first kappa shape index (κ1) is 13.0. The Bertz CT molecular complexity index is 383. The zero-order chi connectivity index (χ0) is 12.2. The predicted octanol–water partition coefficient (Wildman–Crippen LogP) is 1.66. The number of benzene rings is 1. The molecule has 0 saturated heterocycles. The van der Waals surface area contributed by atoms with Gasteiger partial charge >= 0.3 is 5.97 Å². The van der Waals surface area contributed by atoms with Gasteiger partial charge in [0.05, 0.1) is 13.7 Å². The molecule has 0 aliphatic rings. The van der Waals surface area contributed by atoms with E-state index in [4.69, 9.17) is 22.2 Å². The van der Waals surface area contributed by atoms with Gasteiger partial charge in [0, 0.05) is 5.02 Å². The maximum atomic E-state index is 11.7. The first-order chi connectivity index (χ1) is 7.54. The smallest absolute Gasteiger partial charge is 0.318 e. The Balaban J connectivity index is 3.15. The van der Waals surface area contributed by atoms with Gasteiger partial charge in [0.1, 0.15) is 5.41 Å². The zero-order valence-corrected chi connectivity index (χ0v) is 9.95. The average Bonchev–Trinajstić information content (AvgIpc) is 2.28. The van der Waals surface area contributed by atoms with Crippen LogP contribution in [0.15, 0.2) is 24.3 Å². The summed E-state index contributed by atoms with van der Waals surface area (Å²) in [6, 6.07) is 6.96. The van der Waals surface area contributed by atoms with Crippen molar-refractivity contribution in [2.75, 3.05) is 13.7 Å². The molecule has 0 aliphatic heterocycles. The van der Waals surface area contributed by atoms with Crippen LogP contribution in [0, 0.1) is 0 Å². The quantitative estimate of drug-likeness (QED) is 0.645. The molecule has 0 fully saturated rings. The molecule has 16 heavy (non-hydrogen) atoms. The van der Waals surface area contributed by atoms with Crippen molar-refractivity contribution in [2.45, 2.75) is 12.3 Å². The van der Waals surface area contributed by atoms with Crippen molar-refractivity contribution in [1.29, 1.82) is 0 Å². The van der Waals surface area contributed by atoms with E-state index >= 15 is 0 Å². The van der Waals surface area contributed by atoms with Crippen LogP contribution in [-0.4, -0.2) is 19.7 Å². The first-order valence-corrected chi connectivity index (χ1v) is 5.08. The molecule has 2 N–H and O–H groups in total. The molecular formula is C11H14ClNO3. The highest BCUT2D eigenvalue weighted by Gasteiger charge is 2.37. The molecule has 88 valence electrons. The summed E-state index contributed by atoms with van der Waals surface area (Å²) in [6.07, 6.45) is 0. The highest BCUT2D eigenvalue weighted by Crippen LogP contribution is 2.27. The molecule has 0 radical (unpaired) electrons. The lowest BCUT2D eigenvalue weighted by atomic mass is 9.83. The van der Waals surface area contributed by atoms with Gasteiger partial charge in [-0.25, -0.2) is 5.90 Å². The molecule has 0 aromatic heterocycles. The second-order valence-electron chi connectivity index (χ2n) is 3.65. The van der Waals surface area contributed by atoms with E-state index in [0.717, 1.165) is 0 Å². The fraction of sp³-hybridized carbons (Fsp3) is 0.364. The zero-order valence-electron chi connectivity index (χ0n) is 9.20. The van der Waals surface area contributed by atoms with Crippen molar-refractivity contribution in [3.63, 3.8) is 0 Å². The predicted molar refractivity (Wildman–Crippen MR) is 61.0 cm³/mol. The van der Waals surface area contributed by atoms with Gasteiger partial charge in [-0.05, 0) is 24.6 Å². The number of hydrogen-bond donors (Lipinski definition) is 1. The largest absolute Gasteiger partial charge is 0.468 e. The number of carbonyl (C=O) groups is 1. The minimum Gasteiger partial charge on any atom is -0.468 e. The Morgan fingerprint density at radius 3 is 2.75 bits per heavy atom. The fourth-order valence-corrected chi connectivity index (χ4v) is 1.67. The minimum absolute atomic E-state index is 0.0278. The number of hydrogen-bond acceptors (Lipinski definition) is 4. The van der Waals surface area contributed by atoms with Gasteiger partial charge in [0.25, 0.3) is 0 Å². The third-order valence-corrected chi connectivity index (χ3v) is 2.70. The van der Waals surface area contributed by atoms with Gasteiger partial charge in [-0.2, -0.15) is 0 Å². The normalized spacial score (nSPS) is 14.2. The van der Waals surface area contributed by atoms with Crippen LogP contribution in [0.3, 0.4) is 0 Å². The Morgan fingerprint density at radius 2 is 2.25 bits per heavy atom. The molecule has 1 atom stereocenters. The molecule has 0 saturated carbocycles. The lowest BCUT2D eigenvalue weighted by Gasteiger charge is -2.25. The van der Waals surface area contributed by atoms with Crippen LogP contribution in [0.25, 0.3) is 0 Å². The number of carbonyl (C=O) groups excluding carboxylic acids is 1. The Labute approximate surface area is 99.2 Å². The molecule has 1 aromatic carbocycles. The van der Waals surface area contributed by atoms with Crippen molar-refractivity contribution in [2.24, 2.45) is 5.90 Å². The average molecular weight is 244 g/mol. The summed E-state index contributed by atoms with van der Waals surface area (Å²) in [5.74, 6) is 4.63. The fourth-order valence-electron chi connectivity index (χ4n) is 1.48. The molecule has 1 aromatic rings. The molecule has 0 bridgehead atoms. The number of methoxy groups -OCH3 is 1. The van der Waals surface area contributed by atoms with E-state index in [0.29, 0.717) is 10.6 Å². The second-order valence-corrected chi connectivity index (χ2v) is 4.08. The van der Waals surface area contributed by atoms with E-state index in [-0.39, 0.29) is 6.61 Å². The summed E-state index contributed by atoms with van der Waals surface area (Å²) in [7, 11) is 1.32. The summed E-state index contributed by atoms with van der Waals surface area (Å²) in [5, 5.41) is 0.546. The van der Waals surface area contributed by atoms with Gasteiger partial charge in [-0.3, -0.25) is 4.79 Å². The summed E-state index contributed by atoms with van der Waals surface area (Å²) < 4.78 is 4.74. The number of ether oxygens (including phenoxy) is 1. The van der Waals surface area contributed by atoms with E-state index in [2.05, 4.69) is 4.84 Å². The molecule has 5 heteroatoms. The van der Waals surface area contributed by atoms with Crippen LogP contribution in [0.4, 0.5) is 0 Å². The first-order valence-electron chi connectivity index (χ1n) is 4.70. The maximum Gasteiger partial charge on any atom is 0.318 e. The van der Waals surface area contributed by atoms with Crippen LogP contribution in [0.2, 0.25) is 5.02 Å². The molecule has 0 aliphatic carbocycles. The number of nitrogens with two attached hydrogens (primary N) is 1. The lowest BCUT2D eigenvalue weighted by Crippen LogP contribution is -2.39. The second kappa shape index (κ2) is 5.30. The van der Waals surface area contributed by atoms with Crippen molar-refractivity contribution in [3.05, 3.63) is 34.9 Å². The van der Waals surface area contributed by atoms with Gasteiger partial charge in [0.2, 0.25) is 0 Å². The Kier molecular flexibility index (Phi) is 4.29. The summed E-state index contributed by atoms with van der Waals surface area (Å²) in [4.78, 5) is 16.3. The van der Waals surface area contributed by atoms with E-state index in [9.17, 15) is 4.79 Å². The summed E-state index contributed by atoms with van der Waals surface area (Å²) in [5.41, 5.74) is -0.244. The maximum absolute atomic E-state index is 11.7. The van der Waals surface area contributed by atoms with Crippen molar-refractivity contribution in [1.82, 2.24) is 0 Å². The molecule has 0 spiro atoms. The van der Waals surface area contributed by atoms with E-state index < -0.39 is 11.4 Å². The van der Waals surface area contributed by atoms with Crippen molar-refractivity contribution < 1.29 is 14.4 Å². The number of esters is 1. The van der Waals surface area contributed by atoms with Gasteiger partial charge < -0.3 is 9.57 Å². The highest BCUT2D eigenvalue weighted by molar-refractivity contribution is 6.30. The molecular weight excluding hydrogens is 230 g/mol. The molecule has 1 rings (SSSR count). The van der Waals surface area contributed by atoms with Gasteiger partial charge in [0.15, 0.2) is 0 Å². The summed E-state index contributed by atoms with van der Waals surface area (Å²) in [6.45, 7) is 1.72. The molecule has 0 heterocycles. The van der Waals surface area contributed by atoms with Crippen LogP contribution in [-0.2, 0) is 19.8 Å². The van der Waals surface area contributed by atoms with Crippen LogP contribution < -0.4 is 5.90 Å². The van der Waals surface area contributed by atoms with Crippen LogP contribution >= 0.6 is 11.6 Å². The van der Waals surface area contributed by atoms with Crippen LogP contribution in [0.5, 0.6) is 0 Å². The third kappa shape index (κ3) is 2.52. The highest BCUT2D eigenvalue weighted by atomic mass is 35.5. The van der Waals surface area contributed by atoms with E-state index in [1.165, 1.54) is 7.11 Å². The van der Waals surface area contributed by atoms with Gasteiger partial charge in [-0.15, -0.1) is 0 Å². The standard InChI is InChI=1S/C11H14ClNO3/c1-11(7-16-13,10(14)15-2)8-4-3-5-9(12)6-8/h3-6H,7,13H2,1-2H3. The van der Waals surface area contributed by atoms with Crippen LogP contribution in [0.1, 0.15) is 12.5 Å². The topological polar surface area (TPSA) is 61.5 Å². The number of halogens is 1. The summed E-state index contributed by atoms with van der Waals surface area (Å²) >= 11 is 5.87. The number of rotatable bonds is 4. The van der Waals surface area contributed by atoms with E-state index in [1.807, 2.05) is 0 Å². The minimum atomic E-state index is -0.950. The molecule has 1 unspecified atom stereocenters. The van der Waals surface area contributed by atoms with E-state index in [1.54, 1.807) is 31.2 Å². The Morgan fingerprint density at radius 1 is 1.56 bits per heavy atom. The monoisotopic (exact) mass is 243 g/mol. The van der Waals surface area contributed by atoms with Crippen molar-refractivity contribution >= 4 is 17.6 Å². The lowest BCUT2D eigenvalue weighted by molar-refractivity contribution is -0.149. The molecule has 4 nitrogen and oxygen atoms in total. The van der Waals surface area contributed by atoms with Crippen molar-refractivity contribution in [3.8, 4) is 0 Å². The molecule has 0 amide bonds. The van der Waals surface area contributed by atoms with Gasteiger partial charge in [-0.1, -0.05) is 23.7 Å². The SMILES string of the molecule is COC(=O)C(C)(CON)c1cccc(Cl)c1. The third-order valence-electron chi connectivity index (χ3n) is 2.47. The Hall–Kier alpha value is -1.10.